The van der Waals surface area contributed by atoms with Crippen LogP contribution in [-0.4, -0.2) is 44.8 Å². The molecule has 0 saturated carbocycles. The van der Waals surface area contributed by atoms with Crippen LogP contribution < -0.4 is 0 Å². The van der Waals surface area contributed by atoms with Gasteiger partial charge < -0.3 is 14.2 Å². The van der Waals surface area contributed by atoms with Crippen molar-refractivity contribution in [3.63, 3.8) is 0 Å². The summed E-state index contributed by atoms with van der Waals surface area (Å²) in [7, 11) is 1.66. The molecular formula is C22H28O5. The van der Waals surface area contributed by atoms with E-state index in [0.717, 1.165) is 18.3 Å². The normalized spacial score (nSPS) is 21.2. The van der Waals surface area contributed by atoms with Crippen molar-refractivity contribution in [1.82, 2.24) is 0 Å². The molecular weight excluding hydrogens is 344 g/mol. The minimum absolute atomic E-state index is 0.0554. The van der Waals surface area contributed by atoms with E-state index in [4.69, 9.17) is 14.2 Å². The molecule has 2 unspecified atom stereocenters. The lowest BCUT2D eigenvalue weighted by Crippen LogP contribution is -2.39. The van der Waals surface area contributed by atoms with Crippen molar-refractivity contribution in [1.29, 1.82) is 0 Å². The van der Waals surface area contributed by atoms with Crippen molar-refractivity contribution in [2.24, 2.45) is 0 Å². The lowest BCUT2D eigenvalue weighted by atomic mass is 9.76. The van der Waals surface area contributed by atoms with E-state index in [9.17, 15) is 9.59 Å². The number of methoxy groups -OCH3 is 1. The zero-order valence-corrected chi connectivity index (χ0v) is 16.1. The van der Waals surface area contributed by atoms with Gasteiger partial charge in [0.15, 0.2) is 0 Å². The second kappa shape index (κ2) is 10.8. The summed E-state index contributed by atoms with van der Waals surface area (Å²) in [5.74, 6) is -0.282. The molecule has 0 aromatic heterocycles. The zero-order chi connectivity index (χ0) is 19.5. The molecule has 1 aliphatic carbocycles. The van der Waals surface area contributed by atoms with E-state index in [-0.39, 0.29) is 18.3 Å². The molecule has 2 rings (SSSR count). The molecule has 5 heteroatoms. The first kappa shape index (κ1) is 21.1. The third kappa shape index (κ3) is 5.88. The largest absolute Gasteiger partial charge is 0.466 e. The molecule has 0 N–H and O–H groups in total. The Balaban J connectivity index is 2.24. The zero-order valence-electron chi connectivity index (χ0n) is 16.1. The van der Waals surface area contributed by atoms with E-state index < -0.39 is 5.60 Å². The van der Waals surface area contributed by atoms with Crippen LogP contribution >= 0.6 is 0 Å². The SMILES string of the molecule is CCOC(=O)CCC1(OCCCOC)C=CC=CC1c1ccc(C=O)cc1. The maximum absolute atomic E-state index is 12.0. The van der Waals surface area contributed by atoms with Gasteiger partial charge in [-0.05, 0) is 25.3 Å². The number of esters is 1. The summed E-state index contributed by atoms with van der Waals surface area (Å²) in [5, 5.41) is 0. The van der Waals surface area contributed by atoms with Crippen molar-refractivity contribution in [2.75, 3.05) is 26.9 Å². The van der Waals surface area contributed by atoms with Crippen LogP contribution in [0, 0.1) is 0 Å². The Bertz CT molecular complexity index is 662. The summed E-state index contributed by atoms with van der Waals surface area (Å²) in [4.78, 5) is 22.9. The van der Waals surface area contributed by atoms with Crippen LogP contribution in [0.2, 0.25) is 0 Å². The van der Waals surface area contributed by atoms with Crippen LogP contribution in [0.4, 0.5) is 0 Å². The van der Waals surface area contributed by atoms with Crippen LogP contribution in [0.3, 0.4) is 0 Å². The summed E-state index contributed by atoms with van der Waals surface area (Å²) < 4.78 is 16.5. The van der Waals surface area contributed by atoms with Gasteiger partial charge in [0.1, 0.15) is 6.29 Å². The molecule has 0 aliphatic heterocycles. The molecule has 0 amide bonds. The van der Waals surface area contributed by atoms with Gasteiger partial charge >= 0.3 is 5.97 Å². The molecule has 146 valence electrons. The highest BCUT2D eigenvalue weighted by Crippen LogP contribution is 2.40. The Morgan fingerprint density at radius 2 is 1.96 bits per heavy atom. The molecule has 27 heavy (non-hydrogen) atoms. The fourth-order valence-electron chi connectivity index (χ4n) is 3.28. The first-order chi connectivity index (χ1) is 13.1. The lowest BCUT2D eigenvalue weighted by molar-refractivity contribution is -0.145. The number of hydrogen-bond donors (Lipinski definition) is 0. The van der Waals surface area contributed by atoms with Gasteiger partial charge in [0.05, 0.1) is 12.2 Å². The minimum atomic E-state index is -0.641. The number of carbonyl (C=O) groups excluding carboxylic acids is 2. The van der Waals surface area contributed by atoms with Crippen LogP contribution in [0.15, 0.2) is 48.6 Å². The average Bonchev–Trinajstić information content (AvgIpc) is 2.70. The van der Waals surface area contributed by atoms with Gasteiger partial charge in [0, 0.05) is 38.2 Å². The third-order valence-corrected chi connectivity index (χ3v) is 4.64. The summed E-state index contributed by atoms with van der Waals surface area (Å²) in [5.41, 5.74) is 1.03. The summed E-state index contributed by atoms with van der Waals surface area (Å²) in [6, 6.07) is 7.48. The Morgan fingerprint density at radius 3 is 2.63 bits per heavy atom. The second-order valence-corrected chi connectivity index (χ2v) is 6.46. The Morgan fingerprint density at radius 1 is 1.19 bits per heavy atom. The van der Waals surface area contributed by atoms with Crippen molar-refractivity contribution >= 4 is 12.3 Å². The monoisotopic (exact) mass is 372 g/mol. The quantitative estimate of drug-likeness (QED) is 0.335. The van der Waals surface area contributed by atoms with Crippen molar-refractivity contribution in [2.45, 2.75) is 37.7 Å². The molecule has 1 aromatic rings. The van der Waals surface area contributed by atoms with Crippen molar-refractivity contribution in [3.8, 4) is 0 Å². The third-order valence-electron chi connectivity index (χ3n) is 4.64. The first-order valence-corrected chi connectivity index (χ1v) is 9.35. The minimum Gasteiger partial charge on any atom is -0.466 e. The van der Waals surface area contributed by atoms with Gasteiger partial charge in [-0.2, -0.15) is 0 Å². The number of allylic oxidation sites excluding steroid dienone is 2. The predicted octanol–water partition coefficient (Wildman–Crippen LogP) is 3.84. The fraction of sp³-hybridized carbons (Fsp3) is 0.455. The second-order valence-electron chi connectivity index (χ2n) is 6.46. The highest BCUT2D eigenvalue weighted by molar-refractivity contribution is 5.74. The van der Waals surface area contributed by atoms with Gasteiger partial charge in [0.25, 0.3) is 0 Å². The van der Waals surface area contributed by atoms with Crippen LogP contribution in [0.1, 0.15) is 48.0 Å². The van der Waals surface area contributed by atoms with Gasteiger partial charge in [-0.25, -0.2) is 0 Å². The topological polar surface area (TPSA) is 61.8 Å². The van der Waals surface area contributed by atoms with Crippen LogP contribution in [-0.2, 0) is 19.0 Å². The van der Waals surface area contributed by atoms with Gasteiger partial charge in [-0.3, -0.25) is 9.59 Å². The number of rotatable bonds is 11. The number of benzene rings is 1. The molecule has 0 heterocycles. The van der Waals surface area contributed by atoms with Gasteiger partial charge in [-0.1, -0.05) is 48.6 Å². The van der Waals surface area contributed by atoms with Crippen LogP contribution in [0.25, 0.3) is 0 Å². The molecule has 1 aliphatic rings. The fourth-order valence-corrected chi connectivity index (χ4v) is 3.28. The molecule has 1 aromatic carbocycles. The van der Waals surface area contributed by atoms with Crippen molar-refractivity contribution < 1.29 is 23.8 Å². The summed E-state index contributed by atoms with van der Waals surface area (Å²) >= 11 is 0. The number of carbonyl (C=O) groups is 2. The Kier molecular flexibility index (Phi) is 8.43. The maximum atomic E-state index is 12.0. The van der Waals surface area contributed by atoms with E-state index in [1.807, 2.05) is 30.4 Å². The number of aldehydes is 1. The maximum Gasteiger partial charge on any atom is 0.305 e. The number of ether oxygens (including phenoxy) is 3. The lowest BCUT2D eigenvalue weighted by Gasteiger charge is -2.39. The average molecular weight is 372 g/mol. The summed E-state index contributed by atoms with van der Waals surface area (Å²) in [6.07, 6.45) is 10.4. The molecule has 2 atom stereocenters. The highest BCUT2D eigenvalue weighted by atomic mass is 16.5. The van der Waals surface area contributed by atoms with Gasteiger partial charge in [0.2, 0.25) is 0 Å². The van der Waals surface area contributed by atoms with E-state index in [1.165, 1.54) is 0 Å². The highest BCUT2D eigenvalue weighted by Gasteiger charge is 2.38. The molecule has 5 nitrogen and oxygen atoms in total. The Labute approximate surface area is 161 Å². The molecule has 0 saturated heterocycles. The predicted molar refractivity (Wildman–Crippen MR) is 104 cm³/mol. The molecule has 0 fully saturated rings. The van der Waals surface area contributed by atoms with E-state index in [0.29, 0.717) is 31.8 Å². The number of hydrogen-bond acceptors (Lipinski definition) is 5. The molecule has 0 radical (unpaired) electrons. The van der Waals surface area contributed by atoms with E-state index >= 15 is 0 Å². The molecule has 0 spiro atoms. The Hall–Kier alpha value is -2.24. The standard InChI is InChI=1S/C22H28O5/c1-3-26-21(24)12-14-22(27-16-6-15-25-2)13-5-4-7-20(22)19-10-8-18(17-23)9-11-19/h4-5,7-11,13,17,20H,3,6,12,14-16H2,1-2H3. The molecule has 0 bridgehead atoms. The van der Waals surface area contributed by atoms with E-state index in [2.05, 4.69) is 6.08 Å². The van der Waals surface area contributed by atoms with Crippen LogP contribution in [0.5, 0.6) is 0 Å². The first-order valence-electron chi connectivity index (χ1n) is 9.35. The summed E-state index contributed by atoms with van der Waals surface area (Å²) in [6.45, 7) is 3.31. The van der Waals surface area contributed by atoms with Crippen molar-refractivity contribution in [3.05, 3.63) is 59.7 Å². The van der Waals surface area contributed by atoms with Gasteiger partial charge in [-0.15, -0.1) is 0 Å². The van der Waals surface area contributed by atoms with E-state index in [1.54, 1.807) is 26.2 Å². The smallest absolute Gasteiger partial charge is 0.305 e.